The number of rotatable bonds is 6. The molecule has 0 amide bonds. The molecule has 0 bridgehead atoms. The molecule has 0 fully saturated rings. The van der Waals surface area contributed by atoms with Crippen LogP contribution in [0.3, 0.4) is 0 Å². The number of hydrogen-bond donors (Lipinski definition) is 2. The van der Waals surface area contributed by atoms with Crippen LogP contribution in [0.4, 0.5) is 0 Å². The van der Waals surface area contributed by atoms with E-state index in [0.29, 0.717) is 13.2 Å². The minimum absolute atomic E-state index is 0.132. The number of aryl methyl sites for hydroxylation is 1. The zero-order valence-electron chi connectivity index (χ0n) is 18.4. The molecule has 158 valence electrons. The molecule has 0 saturated carbocycles. The van der Waals surface area contributed by atoms with E-state index in [1.165, 1.54) is 5.56 Å². The summed E-state index contributed by atoms with van der Waals surface area (Å²) in [5.41, 5.74) is 4.30. The Bertz CT molecular complexity index is 872. The Morgan fingerprint density at radius 1 is 1.34 bits per heavy atom. The van der Waals surface area contributed by atoms with Gasteiger partial charge in [-0.2, -0.15) is 5.10 Å². The monoisotopic (exact) mass is 399 g/mol. The Hall–Kier alpha value is -2.54. The molecule has 1 aromatic carbocycles. The first-order valence-electron chi connectivity index (χ1n) is 10.1. The van der Waals surface area contributed by atoms with E-state index < -0.39 is 0 Å². The highest BCUT2D eigenvalue weighted by Crippen LogP contribution is 2.39. The topological polar surface area (TPSA) is 72.7 Å². The van der Waals surface area contributed by atoms with Gasteiger partial charge in [0.1, 0.15) is 11.4 Å². The lowest BCUT2D eigenvalue weighted by atomic mass is 9.90. The Balaban J connectivity index is 1.70. The van der Waals surface area contributed by atoms with Gasteiger partial charge in [-0.05, 0) is 33.8 Å². The number of hydrogen-bond acceptors (Lipinski definition) is 4. The number of aliphatic imine (C=N–C) groups is 1. The molecule has 2 N–H and O–H groups in total. The maximum absolute atomic E-state index is 6.14. The lowest BCUT2D eigenvalue weighted by molar-refractivity contribution is 0.0694. The highest BCUT2D eigenvalue weighted by molar-refractivity contribution is 5.80. The molecule has 0 radical (unpaired) electrons. The number of guanidine groups is 1. The Kier molecular flexibility index (Phi) is 6.47. The average molecular weight is 400 g/mol. The minimum atomic E-state index is -0.236. The molecule has 2 heterocycles. The second-order valence-electron chi connectivity index (χ2n) is 8.09. The van der Waals surface area contributed by atoms with Crippen molar-refractivity contribution in [2.24, 2.45) is 4.99 Å². The van der Waals surface area contributed by atoms with E-state index in [-0.39, 0.29) is 11.6 Å². The van der Waals surface area contributed by atoms with Crippen molar-refractivity contribution in [3.8, 4) is 5.75 Å². The van der Waals surface area contributed by atoms with E-state index in [0.717, 1.165) is 41.6 Å². The SMILES string of the molecule is CN=C(NCc1c(C)nn(CCOC)c1C)NC1CC(C)(C)Oc2ccccc21. The van der Waals surface area contributed by atoms with Crippen LogP contribution in [0.2, 0.25) is 0 Å². The minimum Gasteiger partial charge on any atom is -0.487 e. The average Bonchev–Trinajstić information content (AvgIpc) is 2.95. The van der Waals surface area contributed by atoms with Crippen molar-refractivity contribution in [2.75, 3.05) is 20.8 Å². The fourth-order valence-corrected chi connectivity index (χ4v) is 3.85. The van der Waals surface area contributed by atoms with Gasteiger partial charge in [-0.15, -0.1) is 0 Å². The van der Waals surface area contributed by atoms with Crippen molar-refractivity contribution in [1.82, 2.24) is 20.4 Å². The van der Waals surface area contributed by atoms with Crippen molar-refractivity contribution >= 4 is 5.96 Å². The van der Waals surface area contributed by atoms with E-state index in [4.69, 9.17) is 9.47 Å². The predicted octanol–water partition coefficient (Wildman–Crippen LogP) is 3.11. The standard InChI is InChI=1S/C22H33N5O2/c1-15-18(16(2)27(26-15)11-12-28-6)14-24-21(23-5)25-19-13-22(3,4)29-20-10-8-7-9-17(19)20/h7-10,19H,11-14H2,1-6H3,(H2,23,24,25). The van der Waals surface area contributed by atoms with Gasteiger partial charge in [-0.1, -0.05) is 18.2 Å². The highest BCUT2D eigenvalue weighted by atomic mass is 16.5. The number of aromatic nitrogens is 2. The Morgan fingerprint density at radius 2 is 2.10 bits per heavy atom. The van der Waals surface area contributed by atoms with Crippen LogP contribution in [-0.4, -0.2) is 42.1 Å². The van der Waals surface area contributed by atoms with Crippen LogP contribution < -0.4 is 15.4 Å². The molecule has 1 atom stereocenters. The normalized spacial score (nSPS) is 18.1. The fourth-order valence-electron chi connectivity index (χ4n) is 3.85. The molecular formula is C22H33N5O2. The summed E-state index contributed by atoms with van der Waals surface area (Å²) in [4.78, 5) is 4.44. The van der Waals surface area contributed by atoms with E-state index >= 15 is 0 Å². The number of ether oxygens (including phenoxy) is 2. The molecule has 0 spiro atoms. The molecule has 0 aliphatic carbocycles. The third-order valence-electron chi connectivity index (χ3n) is 5.38. The van der Waals surface area contributed by atoms with Gasteiger partial charge in [-0.25, -0.2) is 0 Å². The number of nitrogens with one attached hydrogen (secondary N) is 2. The van der Waals surface area contributed by atoms with Crippen molar-refractivity contribution in [1.29, 1.82) is 0 Å². The van der Waals surface area contributed by atoms with Crippen LogP contribution in [0, 0.1) is 13.8 Å². The molecular weight excluding hydrogens is 366 g/mol. The van der Waals surface area contributed by atoms with E-state index in [1.807, 2.05) is 29.8 Å². The second kappa shape index (κ2) is 8.86. The third kappa shape index (κ3) is 4.90. The van der Waals surface area contributed by atoms with Gasteiger partial charge >= 0.3 is 0 Å². The number of nitrogens with zero attached hydrogens (tertiary/aromatic N) is 3. The summed E-state index contributed by atoms with van der Waals surface area (Å²) in [6.07, 6.45) is 0.859. The van der Waals surface area contributed by atoms with E-state index in [9.17, 15) is 0 Å². The Labute approximate surface area is 173 Å². The molecule has 7 nitrogen and oxygen atoms in total. The molecule has 7 heteroatoms. The largest absolute Gasteiger partial charge is 0.487 e. The van der Waals surface area contributed by atoms with Gasteiger partial charge in [0.2, 0.25) is 0 Å². The van der Waals surface area contributed by atoms with Crippen LogP contribution in [0.15, 0.2) is 29.3 Å². The number of fused-ring (bicyclic) bond motifs is 1. The van der Waals surface area contributed by atoms with Crippen molar-refractivity contribution in [2.45, 2.75) is 58.8 Å². The lowest BCUT2D eigenvalue weighted by Gasteiger charge is -2.38. The number of benzene rings is 1. The van der Waals surface area contributed by atoms with Crippen molar-refractivity contribution in [3.05, 3.63) is 46.8 Å². The Morgan fingerprint density at radius 3 is 2.83 bits per heavy atom. The summed E-state index contributed by atoms with van der Waals surface area (Å²) in [6, 6.07) is 8.34. The summed E-state index contributed by atoms with van der Waals surface area (Å²) < 4.78 is 13.3. The maximum Gasteiger partial charge on any atom is 0.191 e. The van der Waals surface area contributed by atoms with Crippen molar-refractivity contribution in [3.63, 3.8) is 0 Å². The van der Waals surface area contributed by atoms with Crippen molar-refractivity contribution < 1.29 is 9.47 Å². The predicted molar refractivity (Wildman–Crippen MR) is 115 cm³/mol. The van der Waals surface area contributed by atoms with Gasteiger partial charge < -0.3 is 20.1 Å². The van der Waals surface area contributed by atoms with Crippen LogP contribution in [0.1, 0.15) is 48.8 Å². The van der Waals surface area contributed by atoms with Gasteiger partial charge in [0.15, 0.2) is 5.96 Å². The molecule has 1 aliphatic heterocycles. The fraction of sp³-hybridized carbons (Fsp3) is 0.545. The number of para-hydroxylation sites is 1. The van der Waals surface area contributed by atoms with Crippen LogP contribution in [0.25, 0.3) is 0 Å². The molecule has 3 rings (SSSR count). The number of methoxy groups -OCH3 is 1. The van der Waals surface area contributed by atoms with E-state index in [2.05, 4.69) is 47.6 Å². The molecule has 1 aliphatic rings. The molecule has 1 unspecified atom stereocenters. The van der Waals surface area contributed by atoms with Gasteiger partial charge in [-0.3, -0.25) is 9.67 Å². The van der Waals surface area contributed by atoms with Gasteiger partial charge in [0.05, 0.1) is 24.9 Å². The molecule has 29 heavy (non-hydrogen) atoms. The molecule has 1 aromatic heterocycles. The smallest absolute Gasteiger partial charge is 0.191 e. The summed E-state index contributed by atoms with van der Waals surface area (Å²) >= 11 is 0. The van der Waals surface area contributed by atoms with Crippen LogP contribution in [-0.2, 0) is 17.8 Å². The van der Waals surface area contributed by atoms with Crippen LogP contribution in [0.5, 0.6) is 5.75 Å². The lowest BCUT2D eigenvalue weighted by Crippen LogP contribution is -2.45. The summed E-state index contributed by atoms with van der Waals surface area (Å²) in [7, 11) is 3.51. The summed E-state index contributed by atoms with van der Waals surface area (Å²) in [6.45, 7) is 10.4. The first-order chi connectivity index (χ1) is 13.8. The maximum atomic E-state index is 6.14. The van der Waals surface area contributed by atoms with Crippen LogP contribution >= 0.6 is 0 Å². The van der Waals surface area contributed by atoms with Gasteiger partial charge in [0, 0.05) is 43.9 Å². The second-order valence-corrected chi connectivity index (χ2v) is 8.09. The zero-order valence-corrected chi connectivity index (χ0v) is 18.4. The first-order valence-corrected chi connectivity index (χ1v) is 10.1. The van der Waals surface area contributed by atoms with Gasteiger partial charge in [0.25, 0.3) is 0 Å². The quantitative estimate of drug-likeness (QED) is 0.577. The van der Waals surface area contributed by atoms with E-state index in [1.54, 1.807) is 14.2 Å². The first kappa shape index (κ1) is 21.2. The molecule has 2 aromatic rings. The summed E-state index contributed by atoms with van der Waals surface area (Å²) in [5, 5.41) is 11.7. The zero-order chi connectivity index (χ0) is 21.0. The third-order valence-corrected chi connectivity index (χ3v) is 5.38. The molecule has 0 saturated heterocycles. The highest BCUT2D eigenvalue weighted by Gasteiger charge is 2.34. The summed E-state index contributed by atoms with van der Waals surface area (Å²) in [5.74, 6) is 1.70.